The summed E-state index contributed by atoms with van der Waals surface area (Å²) in [6.45, 7) is 0.651. The second-order valence-corrected chi connectivity index (χ2v) is 6.74. The van der Waals surface area contributed by atoms with Gasteiger partial charge < -0.3 is 10.6 Å². The summed E-state index contributed by atoms with van der Waals surface area (Å²) in [6.07, 6.45) is 3.36. The molecular weight excluding hydrogens is 318 g/mol. The fourth-order valence-corrected chi connectivity index (χ4v) is 2.19. The molecule has 23 heavy (non-hydrogen) atoms. The Bertz CT molecular complexity index is 705. The molecule has 0 atom stereocenters. The standard InChI is InChI=1S/C13H19N7O2S/c1-20(2)23(21,22)16-10-9-15-12-3-4-13(19-18-12)17-11-5-7-14-8-6-11/h3-8,16H,9-10H2,1-2H3,(H,15,18)(H,14,17,19). The van der Waals surface area contributed by atoms with Gasteiger partial charge >= 0.3 is 0 Å². The number of nitrogens with one attached hydrogen (secondary N) is 3. The normalized spacial score (nSPS) is 11.4. The average molecular weight is 337 g/mol. The molecule has 3 N–H and O–H groups in total. The fraction of sp³-hybridized carbons (Fsp3) is 0.308. The topological polar surface area (TPSA) is 112 Å². The molecule has 2 aromatic rings. The minimum absolute atomic E-state index is 0.249. The third-order valence-electron chi connectivity index (χ3n) is 2.81. The van der Waals surface area contributed by atoms with Gasteiger partial charge in [-0.15, -0.1) is 10.2 Å². The lowest BCUT2D eigenvalue weighted by Crippen LogP contribution is -2.38. The van der Waals surface area contributed by atoms with E-state index in [1.807, 2.05) is 12.1 Å². The van der Waals surface area contributed by atoms with Crippen LogP contribution in [0.1, 0.15) is 0 Å². The van der Waals surface area contributed by atoms with Crippen molar-refractivity contribution < 1.29 is 8.42 Å². The van der Waals surface area contributed by atoms with Gasteiger partial charge in [-0.25, -0.2) is 4.72 Å². The highest BCUT2D eigenvalue weighted by Crippen LogP contribution is 2.13. The van der Waals surface area contributed by atoms with Crippen LogP contribution < -0.4 is 15.4 Å². The van der Waals surface area contributed by atoms with Crippen LogP contribution in [0.5, 0.6) is 0 Å². The van der Waals surface area contributed by atoms with Crippen LogP contribution in [0.3, 0.4) is 0 Å². The highest BCUT2D eigenvalue weighted by molar-refractivity contribution is 7.87. The number of rotatable bonds is 8. The molecule has 2 rings (SSSR count). The molecule has 10 heteroatoms. The van der Waals surface area contributed by atoms with Crippen molar-refractivity contribution in [2.75, 3.05) is 37.8 Å². The summed E-state index contributed by atoms with van der Waals surface area (Å²) < 4.78 is 26.6. The van der Waals surface area contributed by atoms with Gasteiger partial charge in [0.1, 0.15) is 5.82 Å². The lowest BCUT2D eigenvalue weighted by Gasteiger charge is -2.12. The van der Waals surface area contributed by atoms with Gasteiger partial charge in [-0.05, 0) is 24.3 Å². The maximum atomic E-state index is 11.5. The zero-order valence-corrected chi connectivity index (χ0v) is 13.7. The first-order chi connectivity index (χ1) is 11.0. The summed E-state index contributed by atoms with van der Waals surface area (Å²) in [4.78, 5) is 3.93. The summed E-state index contributed by atoms with van der Waals surface area (Å²) in [5, 5.41) is 14.1. The molecule has 0 fully saturated rings. The molecule has 124 valence electrons. The molecule has 0 aromatic carbocycles. The van der Waals surface area contributed by atoms with Gasteiger partial charge in [0.05, 0.1) is 0 Å². The molecule has 0 saturated carbocycles. The van der Waals surface area contributed by atoms with Crippen molar-refractivity contribution in [3.63, 3.8) is 0 Å². The third-order valence-corrected chi connectivity index (χ3v) is 4.34. The molecular formula is C13H19N7O2S. The Labute approximate surface area is 135 Å². The Kier molecular flexibility index (Phi) is 5.79. The van der Waals surface area contributed by atoms with Crippen molar-refractivity contribution in [2.24, 2.45) is 0 Å². The lowest BCUT2D eigenvalue weighted by atomic mass is 10.4. The molecule has 0 saturated heterocycles. The van der Waals surface area contributed by atoms with Gasteiger partial charge in [0, 0.05) is 45.3 Å². The molecule has 9 nitrogen and oxygen atoms in total. The molecule has 2 aromatic heterocycles. The van der Waals surface area contributed by atoms with Crippen molar-refractivity contribution in [3.8, 4) is 0 Å². The van der Waals surface area contributed by atoms with E-state index in [1.54, 1.807) is 24.5 Å². The van der Waals surface area contributed by atoms with E-state index in [-0.39, 0.29) is 6.54 Å². The second-order valence-electron chi connectivity index (χ2n) is 4.77. The maximum absolute atomic E-state index is 11.5. The second kappa shape index (κ2) is 7.81. The SMILES string of the molecule is CN(C)S(=O)(=O)NCCNc1ccc(Nc2ccncc2)nn1. The van der Waals surface area contributed by atoms with Gasteiger partial charge in [-0.3, -0.25) is 4.98 Å². The van der Waals surface area contributed by atoms with Gasteiger partial charge in [-0.2, -0.15) is 12.7 Å². The molecule has 0 aliphatic carbocycles. The van der Waals surface area contributed by atoms with Crippen molar-refractivity contribution in [3.05, 3.63) is 36.7 Å². The number of hydrogen-bond donors (Lipinski definition) is 3. The first-order valence-corrected chi connectivity index (χ1v) is 8.33. The van der Waals surface area contributed by atoms with E-state index in [4.69, 9.17) is 0 Å². The molecule has 0 spiro atoms. The summed E-state index contributed by atoms with van der Waals surface area (Å²) in [7, 11) is -0.466. The predicted molar refractivity (Wildman–Crippen MR) is 88.7 cm³/mol. The molecule has 0 amide bonds. The van der Waals surface area contributed by atoms with Gasteiger partial charge in [0.2, 0.25) is 0 Å². The van der Waals surface area contributed by atoms with Crippen molar-refractivity contribution in [1.29, 1.82) is 0 Å². The first-order valence-electron chi connectivity index (χ1n) is 6.89. The molecule has 0 aliphatic heterocycles. The first kappa shape index (κ1) is 17.1. The van der Waals surface area contributed by atoms with E-state index in [1.165, 1.54) is 14.1 Å². The monoisotopic (exact) mass is 337 g/mol. The van der Waals surface area contributed by atoms with E-state index >= 15 is 0 Å². The van der Waals surface area contributed by atoms with Crippen LogP contribution >= 0.6 is 0 Å². The van der Waals surface area contributed by atoms with Gasteiger partial charge in [-0.1, -0.05) is 0 Å². The summed E-state index contributed by atoms with van der Waals surface area (Å²) in [5.41, 5.74) is 0.869. The van der Waals surface area contributed by atoms with Crippen LogP contribution in [-0.2, 0) is 10.2 Å². The Balaban J connectivity index is 1.79. The number of hydrogen-bond acceptors (Lipinski definition) is 7. The van der Waals surface area contributed by atoms with E-state index in [0.717, 1.165) is 9.99 Å². The van der Waals surface area contributed by atoms with Crippen molar-refractivity contribution in [1.82, 2.24) is 24.2 Å². The van der Waals surface area contributed by atoms with E-state index in [9.17, 15) is 8.42 Å². The van der Waals surface area contributed by atoms with Crippen molar-refractivity contribution >= 4 is 27.5 Å². The largest absolute Gasteiger partial charge is 0.367 e. The van der Waals surface area contributed by atoms with Gasteiger partial charge in [0.15, 0.2) is 5.82 Å². The fourth-order valence-electron chi connectivity index (χ4n) is 1.58. The number of pyridine rings is 1. The van der Waals surface area contributed by atoms with E-state index in [2.05, 4.69) is 30.5 Å². The quantitative estimate of drug-likeness (QED) is 0.599. The predicted octanol–water partition coefficient (Wildman–Crippen LogP) is 0.423. The Morgan fingerprint density at radius 3 is 2.26 bits per heavy atom. The zero-order chi connectivity index (χ0) is 16.7. The van der Waals surface area contributed by atoms with Crippen LogP contribution in [0.4, 0.5) is 17.3 Å². The molecule has 0 unspecified atom stereocenters. The summed E-state index contributed by atoms with van der Waals surface area (Å²) in [5.74, 6) is 1.17. The lowest BCUT2D eigenvalue weighted by molar-refractivity contribution is 0.507. The Hall–Kier alpha value is -2.30. The number of nitrogens with zero attached hydrogens (tertiary/aromatic N) is 4. The third kappa shape index (κ3) is 5.43. The van der Waals surface area contributed by atoms with Crippen LogP contribution in [0.2, 0.25) is 0 Å². The van der Waals surface area contributed by atoms with Crippen molar-refractivity contribution in [2.45, 2.75) is 0 Å². The highest BCUT2D eigenvalue weighted by Gasteiger charge is 2.11. The van der Waals surface area contributed by atoms with Crippen LogP contribution in [0.25, 0.3) is 0 Å². The minimum Gasteiger partial charge on any atom is -0.367 e. The number of aromatic nitrogens is 3. The summed E-state index contributed by atoms with van der Waals surface area (Å²) in [6, 6.07) is 7.19. The Morgan fingerprint density at radius 2 is 1.65 bits per heavy atom. The van der Waals surface area contributed by atoms with E-state index < -0.39 is 10.2 Å². The molecule has 2 heterocycles. The molecule has 0 radical (unpaired) electrons. The summed E-state index contributed by atoms with van der Waals surface area (Å²) >= 11 is 0. The molecule has 0 bridgehead atoms. The smallest absolute Gasteiger partial charge is 0.278 e. The maximum Gasteiger partial charge on any atom is 0.278 e. The van der Waals surface area contributed by atoms with Gasteiger partial charge in [0.25, 0.3) is 10.2 Å². The van der Waals surface area contributed by atoms with Crippen LogP contribution in [0, 0.1) is 0 Å². The Morgan fingerprint density at radius 1 is 1.00 bits per heavy atom. The van der Waals surface area contributed by atoms with Crippen LogP contribution in [-0.4, -0.2) is 55.1 Å². The number of anilines is 3. The zero-order valence-electron chi connectivity index (χ0n) is 12.9. The molecule has 0 aliphatic rings. The minimum atomic E-state index is -3.40. The van der Waals surface area contributed by atoms with Crippen LogP contribution in [0.15, 0.2) is 36.7 Å². The van der Waals surface area contributed by atoms with E-state index in [0.29, 0.717) is 18.2 Å². The highest BCUT2D eigenvalue weighted by atomic mass is 32.2. The average Bonchev–Trinajstić information content (AvgIpc) is 2.54.